The van der Waals surface area contributed by atoms with Crippen molar-refractivity contribution in [2.75, 3.05) is 0 Å². The number of ketones is 1. The lowest BCUT2D eigenvalue weighted by atomic mass is 9.86. The van der Waals surface area contributed by atoms with Crippen molar-refractivity contribution in [3.63, 3.8) is 0 Å². The van der Waals surface area contributed by atoms with Crippen molar-refractivity contribution in [3.8, 4) is 0 Å². The van der Waals surface area contributed by atoms with Crippen LogP contribution in [0.4, 0.5) is 0 Å². The molecule has 1 aromatic carbocycles. The van der Waals surface area contributed by atoms with Crippen LogP contribution in [-0.4, -0.2) is 5.78 Å². The zero-order valence-electron chi connectivity index (χ0n) is 11.1. The highest BCUT2D eigenvalue weighted by molar-refractivity contribution is 6.36. The molecule has 1 nitrogen and oxygen atoms in total. The SMILES string of the molecule is O=C(CC1CCCCCCC1)c1ccc(Cl)cc1Cl. The van der Waals surface area contributed by atoms with Crippen LogP contribution in [0.3, 0.4) is 0 Å². The predicted molar refractivity (Wildman–Crippen MR) is 81.2 cm³/mol. The molecule has 0 aliphatic heterocycles. The summed E-state index contributed by atoms with van der Waals surface area (Å²) in [5.41, 5.74) is 0.619. The molecular weight excluding hydrogens is 279 g/mol. The van der Waals surface area contributed by atoms with E-state index < -0.39 is 0 Å². The van der Waals surface area contributed by atoms with Gasteiger partial charge >= 0.3 is 0 Å². The molecule has 1 aliphatic carbocycles. The van der Waals surface area contributed by atoms with Gasteiger partial charge in [0, 0.05) is 17.0 Å². The largest absolute Gasteiger partial charge is 0.294 e. The summed E-state index contributed by atoms with van der Waals surface area (Å²) in [6, 6.07) is 5.13. The molecule has 0 N–H and O–H groups in total. The molecule has 2 rings (SSSR count). The monoisotopic (exact) mass is 298 g/mol. The number of carbonyl (C=O) groups excluding carboxylic acids is 1. The van der Waals surface area contributed by atoms with Crippen LogP contribution in [0, 0.1) is 5.92 Å². The third-order valence-corrected chi connectivity index (χ3v) is 4.48. The molecule has 19 heavy (non-hydrogen) atoms. The van der Waals surface area contributed by atoms with E-state index in [2.05, 4.69) is 0 Å². The summed E-state index contributed by atoms with van der Waals surface area (Å²) < 4.78 is 0. The van der Waals surface area contributed by atoms with Gasteiger partial charge in [-0.2, -0.15) is 0 Å². The Balaban J connectivity index is 1.99. The third kappa shape index (κ3) is 4.50. The van der Waals surface area contributed by atoms with Gasteiger partial charge in [-0.1, -0.05) is 68.1 Å². The number of Topliss-reactive ketones (excluding diaryl/α,β-unsaturated/α-hetero) is 1. The number of carbonyl (C=O) groups is 1. The molecule has 3 heteroatoms. The van der Waals surface area contributed by atoms with Crippen molar-refractivity contribution in [2.24, 2.45) is 5.92 Å². The molecule has 0 bridgehead atoms. The highest BCUT2D eigenvalue weighted by atomic mass is 35.5. The van der Waals surface area contributed by atoms with Crippen LogP contribution >= 0.6 is 23.2 Å². The van der Waals surface area contributed by atoms with Crippen molar-refractivity contribution in [3.05, 3.63) is 33.8 Å². The normalized spacial score (nSPS) is 17.8. The molecule has 0 unspecified atom stereocenters. The maximum absolute atomic E-state index is 12.3. The average Bonchev–Trinajstić information content (AvgIpc) is 2.32. The van der Waals surface area contributed by atoms with Crippen molar-refractivity contribution in [1.29, 1.82) is 0 Å². The Bertz CT molecular complexity index is 434. The van der Waals surface area contributed by atoms with Crippen LogP contribution in [0.15, 0.2) is 18.2 Å². The fraction of sp³-hybridized carbons (Fsp3) is 0.562. The Labute approximate surface area is 125 Å². The molecule has 0 amide bonds. The molecule has 0 spiro atoms. The highest BCUT2D eigenvalue weighted by Gasteiger charge is 2.18. The summed E-state index contributed by atoms with van der Waals surface area (Å²) >= 11 is 12.0. The van der Waals surface area contributed by atoms with Gasteiger partial charge in [0.1, 0.15) is 0 Å². The summed E-state index contributed by atoms with van der Waals surface area (Å²) in [4.78, 5) is 12.3. The van der Waals surface area contributed by atoms with E-state index >= 15 is 0 Å². The molecular formula is C16H20Cl2O. The van der Waals surface area contributed by atoms with E-state index in [-0.39, 0.29) is 5.78 Å². The Morgan fingerprint density at radius 1 is 1.05 bits per heavy atom. The summed E-state index contributed by atoms with van der Waals surface area (Å²) in [6.07, 6.45) is 9.47. The highest BCUT2D eigenvalue weighted by Crippen LogP contribution is 2.28. The predicted octanol–water partition coefficient (Wildman–Crippen LogP) is 5.93. The Morgan fingerprint density at radius 2 is 1.68 bits per heavy atom. The van der Waals surface area contributed by atoms with Crippen molar-refractivity contribution in [2.45, 2.75) is 51.4 Å². The van der Waals surface area contributed by atoms with E-state index in [9.17, 15) is 4.79 Å². The molecule has 104 valence electrons. The molecule has 1 aromatic rings. The minimum absolute atomic E-state index is 0.159. The second kappa shape index (κ2) is 7.31. The summed E-state index contributed by atoms with van der Waals surface area (Å²) in [5, 5.41) is 1.05. The van der Waals surface area contributed by atoms with Crippen LogP contribution in [0.1, 0.15) is 61.7 Å². The molecule has 0 atom stereocenters. The van der Waals surface area contributed by atoms with E-state index in [1.165, 1.54) is 44.9 Å². The first-order valence-corrected chi connectivity index (χ1v) is 7.90. The minimum atomic E-state index is 0.159. The van der Waals surface area contributed by atoms with E-state index in [1.54, 1.807) is 18.2 Å². The minimum Gasteiger partial charge on any atom is -0.294 e. The van der Waals surface area contributed by atoms with Gasteiger partial charge in [-0.15, -0.1) is 0 Å². The number of hydrogen-bond donors (Lipinski definition) is 0. The lowest BCUT2D eigenvalue weighted by Gasteiger charge is -2.19. The van der Waals surface area contributed by atoms with Crippen LogP contribution in [0.5, 0.6) is 0 Å². The Kier molecular flexibility index (Phi) is 5.72. The molecule has 0 saturated heterocycles. The van der Waals surface area contributed by atoms with E-state index in [0.29, 0.717) is 27.9 Å². The Hall–Kier alpha value is -0.530. The van der Waals surface area contributed by atoms with Gasteiger partial charge < -0.3 is 0 Å². The summed E-state index contributed by atoms with van der Waals surface area (Å²) in [6.45, 7) is 0. The number of halogens is 2. The third-order valence-electron chi connectivity index (χ3n) is 3.93. The van der Waals surface area contributed by atoms with Gasteiger partial charge in [-0.3, -0.25) is 4.79 Å². The average molecular weight is 299 g/mol. The lowest BCUT2D eigenvalue weighted by Crippen LogP contribution is -2.11. The van der Waals surface area contributed by atoms with Crippen molar-refractivity contribution >= 4 is 29.0 Å². The summed E-state index contributed by atoms with van der Waals surface area (Å²) in [5.74, 6) is 0.687. The topological polar surface area (TPSA) is 17.1 Å². The van der Waals surface area contributed by atoms with Gasteiger partial charge in [-0.25, -0.2) is 0 Å². The first kappa shape index (κ1) is 14.9. The molecule has 0 radical (unpaired) electrons. The first-order valence-electron chi connectivity index (χ1n) is 7.15. The Morgan fingerprint density at radius 3 is 2.32 bits per heavy atom. The van der Waals surface area contributed by atoms with Gasteiger partial charge in [0.05, 0.1) is 5.02 Å². The molecule has 1 aliphatic rings. The zero-order chi connectivity index (χ0) is 13.7. The molecule has 0 heterocycles. The molecule has 1 fully saturated rings. The second-order valence-electron chi connectivity index (χ2n) is 5.46. The van der Waals surface area contributed by atoms with Crippen LogP contribution in [0.25, 0.3) is 0 Å². The maximum Gasteiger partial charge on any atom is 0.164 e. The van der Waals surface area contributed by atoms with E-state index in [1.807, 2.05) is 0 Å². The van der Waals surface area contributed by atoms with Gasteiger partial charge in [0.25, 0.3) is 0 Å². The van der Waals surface area contributed by atoms with E-state index in [4.69, 9.17) is 23.2 Å². The first-order chi connectivity index (χ1) is 9.16. The maximum atomic E-state index is 12.3. The van der Waals surface area contributed by atoms with Crippen molar-refractivity contribution in [1.82, 2.24) is 0 Å². The van der Waals surface area contributed by atoms with Gasteiger partial charge in [-0.05, 0) is 24.1 Å². The van der Waals surface area contributed by atoms with E-state index in [0.717, 1.165) is 0 Å². The number of hydrogen-bond acceptors (Lipinski definition) is 1. The zero-order valence-corrected chi connectivity index (χ0v) is 12.6. The quantitative estimate of drug-likeness (QED) is 0.632. The standard InChI is InChI=1S/C16H20Cl2O/c17-13-8-9-14(15(18)11-13)16(19)10-12-6-4-2-1-3-5-7-12/h8-9,11-12H,1-7,10H2. The lowest BCUT2D eigenvalue weighted by molar-refractivity contribution is 0.0953. The van der Waals surface area contributed by atoms with Gasteiger partial charge in [0.2, 0.25) is 0 Å². The fourth-order valence-corrected chi connectivity index (χ4v) is 3.35. The molecule has 0 aromatic heterocycles. The van der Waals surface area contributed by atoms with Crippen LogP contribution < -0.4 is 0 Å². The van der Waals surface area contributed by atoms with Crippen LogP contribution in [-0.2, 0) is 0 Å². The fourth-order valence-electron chi connectivity index (χ4n) is 2.83. The number of rotatable bonds is 3. The van der Waals surface area contributed by atoms with Crippen LogP contribution in [0.2, 0.25) is 10.0 Å². The second-order valence-corrected chi connectivity index (χ2v) is 6.31. The summed E-state index contributed by atoms with van der Waals surface area (Å²) in [7, 11) is 0. The number of benzene rings is 1. The van der Waals surface area contributed by atoms with Crippen molar-refractivity contribution < 1.29 is 4.79 Å². The van der Waals surface area contributed by atoms with Gasteiger partial charge in [0.15, 0.2) is 5.78 Å². The molecule has 1 saturated carbocycles. The smallest absolute Gasteiger partial charge is 0.164 e.